The highest BCUT2D eigenvalue weighted by molar-refractivity contribution is 9.08. The number of hydrogen-bond donors (Lipinski definition) is 0. The van der Waals surface area contributed by atoms with Gasteiger partial charge in [-0.25, -0.2) is 0 Å². The molecule has 1 aromatic rings. The summed E-state index contributed by atoms with van der Waals surface area (Å²) in [4.78, 5) is 4.76. The van der Waals surface area contributed by atoms with E-state index >= 15 is 0 Å². The average Bonchev–Trinajstić information content (AvgIpc) is 2.34. The molecule has 0 spiro atoms. The second kappa shape index (κ2) is 7.91. The Balaban J connectivity index is 2.89. The van der Waals surface area contributed by atoms with Gasteiger partial charge in [0, 0.05) is 30.7 Å². The highest BCUT2D eigenvalue weighted by Crippen LogP contribution is 2.23. The maximum atomic E-state index is 3.52. The van der Waals surface area contributed by atoms with Crippen LogP contribution >= 0.6 is 15.9 Å². The third-order valence-corrected chi connectivity index (χ3v) is 3.81. The second-order valence-electron chi connectivity index (χ2n) is 5.90. The van der Waals surface area contributed by atoms with Gasteiger partial charge in [-0.15, -0.1) is 0 Å². The van der Waals surface area contributed by atoms with Crippen molar-refractivity contribution >= 4 is 21.6 Å². The lowest BCUT2D eigenvalue weighted by Crippen LogP contribution is -2.34. The van der Waals surface area contributed by atoms with E-state index < -0.39 is 0 Å². The number of halogens is 1. The van der Waals surface area contributed by atoms with Crippen molar-refractivity contribution in [2.45, 2.75) is 26.1 Å². The van der Waals surface area contributed by atoms with Crippen LogP contribution in [-0.4, -0.2) is 38.6 Å². The minimum Gasteiger partial charge on any atom is -0.370 e. The molecule has 0 heterocycles. The quantitative estimate of drug-likeness (QED) is 0.701. The molecule has 0 saturated heterocycles. The van der Waals surface area contributed by atoms with Crippen LogP contribution in [0.3, 0.4) is 0 Å². The fourth-order valence-electron chi connectivity index (χ4n) is 2.23. The van der Waals surface area contributed by atoms with Crippen LogP contribution in [0.1, 0.15) is 25.0 Å². The lowest BCUT2D eigenvalue weighted by atomic mass is 10.1. The Morgan fingerprint density at radius 3 is 2.32 bits per heavy atom. The van der Waals surface area contributed by atoms with Crippen molar-refractivity contribution in [1.82, 2.24) is 4.90 Å². The minimum atomic E-state index is 0.678. The molecule has 0 aliphatic rings. The Kier molecular flexibility index (Phi) is 6.87. The first-order valence-electron chi connectivity index (χ1n) is 6.99. The third-order valence-electron chi connectivity index (χ3n) is 3.16. The fourth-order valence-corrected chi connectivity index (χ4v) is 2.58. The zero-order chi connectivity index (χ0) is 14.4. The molecule has 0 saturated carbocycles. The molecule has 19 heavy (non-hydrogen) atoms. The van der Waals surface area contributed by atoms with E-state index in [9.17, 15) is 0 Å². The van der Waals surface area contributed by atoms with Crippen LogP contribution in [0.4, 0.5) is 5.69 Å². The molecule has 0 aromatic heterocycles. The predicted molar refractivity (Wildman–Crippen MR) is 89.4 cm³/mol. The first-order valence-corrected chi connectivity index (χ1v) is 8.11. The molecule has 0 unspecified atom stereocenters. The van der Waals surface area contributed by atoms with Gasteiger partial charge in [0.25, 0.3) is 0 Å². The van der Waals surface area contributed by atoms with Crippen molar-refractivity contribution in [2.75, 3.05) is 38.6 Å². The van der Waals surface area contributed by atoms with Gasteiger partial charge in [0.15, 0.2) is 0 Å². The topological polar surface area (TPSA) is 6.48 Å². The third kappa shape index (κ3) is 5.53. The van der Waals surface area contributed by atoms with E-state index in [2.05, 4.69) is 78.8 Å². The first kappa shape index (κ1) is 16.5. The molecule has 0 N–H and O–H groups in total. The van der Waals surface area contributed by atoms with E-state index in [0.717, 1.165) is 25.0 Å². The summed E-state index contributed by atoms with van der Waals surface area (Å²) in [5.74, 6) is 0.678. The molecular weight excluding hydrogens is 300 g/mol. The van der Waals surface area contributed by atoms with E-state index in [1.165, 1.54) is 16.8 Å². The largest absolute Gasteiger partial charge is 0.370 e. The van der Waals surface area contributed by atoms with E-state index in [-0.39, 0.29) is 0 Å². The fraction of sp³-hybridized carbons (Fsp3) is 0.625. The van der Waals surface area contributed by atoms with E-state index in [4.69, 9.17) is 0 Å². The molecule has 0 atom stereocenters. The number of rotatable bonds is 7. The van der Waals surface area contributed by atoms with Gasteiger partial charge in [-0.2, -0.15) is 0 Å². The molecule has 0 fully saturated rings. The molecule has 1 aromatic carbocycles. The number of nitrogens with zero attached hydrogens (tertiary/aromatic N) is 2. The number of alkyl halides is 1. The van der Waals surface area contributed by atoms with E-state index in [1.54, 1.807) is 0 Å². The number of likely N-dealkylation sites (N-methyl/N-ethyl adjacent to an activating group) is 1. The van der Waals surface area contributed by atoms with Crippen molar-refractivity contribution < 1.29 is 0 Å². The maximum Gasteiger partial charge on any atom is 0.0396 e. The van der Waals surface area contributed by atoms with Gasteiger partial charge in [-0.3, -0.25) is 0 Å². The highest BCUT2D eigenvalue weighted by Gasteiger charge is 2.11. The predicted octanol–water partition coefficient (Wildman–Crippen LogP) is 3.91. The molecular formula is C16H27BrN2. The number of hydrogen-bond acceptors (Lipinski definition) is 2. The van der Waals surface area contributed by atoms with Crippen molar-refractivity contribution in [3.8, 4) is 0 Å². The number of aryl methyl sites for hydroxylation is 1. The monoisotopic (exact) mass is 326 g/mol. The maximum absolute atomic E-state index is 3.52. The normalized spacial score (nSPS) is 11.4. The van der Waals surface area contributed by atoms with Gasteiger partial charge < -0.3 is 9.80 Å². The molecule has 3 heteroatoms. The number of benzene rings is 1. The van der Waals surface area contributed by atoms with Crippen molar-refractivity contribution in [2.24, 2.45) is 5.92 Å². The molecule has 0 radical (unpaired) electrons. The summed E-state index contributed by atoms with van der Waals surface area (Å²) >= 11 is 3.52. The van der Waals surface area contributed by atoms with Gasteiger partial charge in [0.2, 0.25) is 0 Å². The molecule has 2 nitrogen and oxygen atoms in total. The lowest BCUT2D eigenvalue weighted by molar-refractivity contribution is 0.409. The highest BCUT2D eigenvalue weighted by atomic mass is 79.9. The van der Waals surface area contributed by atoms with E-state index in [0.29, 0.717) is 5.92 Å². The summed E-state index contributed by atoms with van der Waals surface area (Å²) in [6.45, 7) is 10.1. The van der Waals surface area contributed by atoms with Gasteiger partial charge in [0.05, 0.1) is 0 Å². The molecule has 1 rings (SSSR count). The summed E-state index contributed by atoms with van der Waals surface area (Å²) in [5.41, 5.74) is 4.09. The summed E-state index contributed by atoms with van der Waals surface area (Å²) < 4.78 is 0. The molecule has 108 valence electrons. The Morgan fingerprint density at radius 2 is 1.84 bits per heavy atom. The van der Waals surface area contributed by atoms with Gasteiger partial charge in [-0.1, -0.05) is 41.9 Å². The zero-order valence-corrected chi connectivity index (χ0v) is 14.5. The van der Waals surface area contributed by atoms with E-state index in [1.807, 2.05) is 0 Å². The van der Waals surface area contributed by atoms with Gasteiger partial charge in [0.1, 0.15) is 0 Å². The van der Waals surface area contributed by atoms with Crippen molar-refractivity contribution in [3.05, 3.63) is 29.3 Å². The summed E-state index contributed by atoms with van der Waals surface area (Å²) in [6, 6.07) is 6.77. The van der Waals surface area contributed by atoms with Crippen LogP contribution in [0.25, 0.3) is 0 Å². The van der Waals surface area contributed by atoms with Crippen molar-refractivity contribution in [1.29, 1.82) is 0 Å². The van der Waals surface area contributed by atoms with Crippen LogP contribution in [0.5, 0.6) is 0 Å². The van der Waals surface area contributed by atoms with Crippen LogP contribution in [0.15, 0.2) is 18.2 Å². The van der Waals surface area contributed by atoms with Crippen LogP contribution < -0.4 is 4.90 Å². The average molecular weight is 327 g/mol. The lowest BCUT2D eigenvalue weighted by Gasteiger charge is -2.29. The summed E-state index contributed by atoms with van der Waals surface area (Å²) in [6.07, 6.45) is 0. The Hall–Kier alpha value is -0.540. The van der Waals surface area contributed by atoms with Crippen LogP contribution in [0.2, 0.25) is 0 Å². The van der Waals surface area contributed by atoms with Crippen LogP contribution in [0, 0.1) is 12.8 Å². The van der Waals surface area contributed by atoms with Gasteiger partial charge in [-0.05, 0) is 44.1 Å². The number of anilines is 1. The van der Waals surface area contributed by atoms with Gasteiger partial charge >= 0.3 is 0 Å². The van der Waals surface area contributed by atoms with Crippen LogP contribution in [-0.2, 0) is 5.33 Å². The standard InChI is InChI=1S/C16H27BrN2/c1-13(2)12-19(9-8-18(4)5)16-7-6-15(11-17)10-14(16)3/h6-7,10,13H,8-9,11-12H2,1-5H3. The summed E-state index contributed by atoms with van der Waals surface area (Å²) in [5, 5.41) is 0.927. The Bertz CT molecular complexity index is 388. The summed E-state index contributed by atoms with van der Waals surface area (Å²) in [7, 11) is 4.27. The molecule has 0 bridgehead atoms. The first-order chi connectivity index (χ1) is 8.93. The molecule has 0 aliphatic heterocycles. The molecule has 0 amide bonds. The minimum absolute atomic E-state index is 0.678. The second-order valence-corrected chi connectivity index (χ2v) is 6.46. The zero-order valence-electron chi connectivity index (χ0n) is 12.9. The molecule has 0 aliphatic carbocycles. The SMILES string of the molecule is Cc1cc(CBr)ccc1N(CCN(C)C)CC(C)C. The smallest absolute Gasteiger partial charge is 0.0396 e. The Labute approximate surface area is 126 Å². The van der Waals surface area contributed by atoms with Crippen molar-refractivity contribution in [3.63, 3.8) is 0 Å². The Morgan fingerprint density at radius 1 is 1.16 bits per heavy atom.